The maximum Gasteiger partial charge on any atom is 0.193 e. The van der Waals surface area contributed by atoms with Crippen molar-refractivity contribution < 1.29 is 0 Å². The van der Waals surface area contributed by atoms with Crippen molar-refractivity contribution in [1.29, 1.82) is 0 Å². The van der Waals surface area contributed by atoms with E-state index in [-0.39, 0.29) is 24.0 Å². The fourth-order valence-electron chi connectivity index (χ4n) is 3.31. The molecule has 5 nitrogen and oxygen atoms in total. The van der Waals surface area contributed by atoms with Crippen molar-refractivity contribution in [1.82, 2.24) is 20.0 Å². The normalized spacial score (nSPS) is 15.3. The summed E-state index contributed by atoms with van der Waals surface area (Å²) in [5.74, 6) is 1.36. The molecule has 1 saturated carbocycles. The summed E-state index contributed by atoms with van der Waals surface area (Å²) in [7, 11) is 5.94. The van der Waals surface area contributed by atoms with E-state index >= 15 is 0 Å². The summed E-state index contributed by atoms with van der Waals surface area (Å²) in [6.07, 6.45) is 4.62. The van der Waals surface area contributed by atoms with Gasteiger partial charge in [-0.15, -0.1) is 35.7 Å². The van der Waals surface area contributed by atoms with Crippen molar-refractivity contribution in [3.8, 4) is 0 Å². The van der Waals surface area contributed by atoms with Crippen LogP contribution in [0, 0.1) is 0 Å². The first-order valence-electron chi connectivity index (χ1n) is 9.61. The van der Waals surface area contributed by atoms with Crippen molar-refractivity contribution in [3.05, 3.63) is 47.8 Å². The van der Waals surface area contributed by atoms with E-state index in [1.807, 2.05) is 30.5 Å². The third-order valence-corrected chi connectivity index (χ3v) is 6.41. The van der Waals surface area contributed by atoms with Gasteiger partial charge in [-0.1, -0.05) is 32.0 Å². The monoisotopic (exact) mass is 513 g/mol. The predicted molar refractivity (Wildman–Crippen MR) is 130 cm³/mol. The van der Waals surface area contributed by atoms with Gasteiger partial charge in [-0.3, -0.25) is 9.67 Å². The topological polar surface area (TPSA) is 45.5 Å². The maximum atomic E-state index is 4.62. The van der Waals surface area contributed by atoms with Crippen molar-refractivity contribution in [2.24, 2.45) is 12.0 Å². The van der Waals surface area contributed by atoms with E-state index in [0.29, 0.717) is 10.7 Å². The average molecular weight is 513 g/mol. The van der Waals surface area contributed by atoms with Crippen LogP contribution in [0.25, 0.3) is 0 Å². The van der Waals surface area contributed by atoms with Crippen LogP contribution in [0.4, 0.5) is 0 Å². The lowest BCUT2D eigenvalue weighted by molar-refractivity contribution is 0.472. The highest BCUT2D eigenvalue weighted by molar-refractivity contribution is 14.0. The van der Waals surface area contributed by atoms with E-state index in [4.69, 9.17) is 0 Å². The number of aryl methyl sites for hydroxylation is 1. The zero-order valence-electron chi connectivity index (χ0n) is 17.5. The molecule has 28 heavy (non-hydrogen) atoms. The van der Waals surface area contributed by atoms with Crippen molar-refractivity contribution in [2.75, 3.05) is 20.6 Å². The van der Waals surface area contributed by atoms with E-state index in [1.165, 1.54) is 23.3 Å². The second-order valence-corrected chi connectivity index (χ2v) is 9.26. The number of hydrogen-bond donors (Lipinski definition) is 1. The third kappa shape index (κ3) is 5.89. The Balaban J connectivity index is 0.00000280. The van der Waals surface area contributed by atoms with Gasteiger partial charge < -0.3 is 10.2 Å². The molecule has 0 amide bonds. The molecule has 0 saturated heterocycles. The molecule has 0 bridgehead atoms. The van der Waals surface area contributed by atoms with Gasteiger partial charge in [-0.05, 0) is 30.9 Å². The lowest BCUT2D eigenvalue weighted by atomic mass is 10.1. The van der Waals surface area contributed by atoms with E-state index in [1.54, 1.807) is 0 Å². The summed E-state index contributed by atoms with van der Waals surface area (Å²) in [5.41, 5.74) is 2.43. The first-order chi connectivity index (χ1) is 12.9. The minimum Gasteiger partial charge on any atom is -0.355 e. The number of benzene rings is 1. The predicted octanol–water partition coefficient (Wildman–Crippen LogP) is 4.49. The fourth-order valence-corrected chi connectivity index (χ4v) is 4.55. The largest absolute Gasteiger partial charge is 0.355 e. The molecule has 154 valence electrons. The number of rotatable bonds is 7. The quantitative estimate of drug-likeness (QED) is 0.337. The Bertz CT molecular complexity index is 783. The minimum atomic E-state index is 0. The number of hydrogen-bond acceptors (Lipinski definition) is 3. The number of nitrogens with one attached hydrogen (secondary N) is 1. The molecule has 1 aromatic carbocycles. The Morgan fingerprint density at radius 1 is 1.32 bits per heavy atom. The summed E-state index contributed by atoms with van der Waals surface area (Å²) in [5, 5.41) is 8.21. The van der Waals surface area contributed by atoms with Crippen LogP contribution < -0.4 is 5.32 Å². The van der Waals surface area contributed by atoms with Crippen molar-refractivity contribution in [2.45, 2.75) is 48.8 Å². The van der Waals surface area contributed by atoms with Gasteiger partial charge in [0.05, 0.1) is 5.69 Å². The molecule has 3 rings (SSSR count). The molecule has 1 aliphatic rings. The highest BCUT2D eigenvalue weighted by Gasteiger charge is 2.43. The molecule has 2 aromatic rings. The van der Waals surface area contributed by atoms with E-state index in [0.717, 1.165) is 24.7 Å². The van der Waals surface area contributed by atoms with Crippen molar-refractivity contribution in [3.63, 3.8) is 0 Å². The number of thioether (sulfide) groups is 1. The highest BCUT2D eigenvalue weighted by atomic mass is 127. The molecule has 1 fully saturated rings. The standard InChI is InChI=1S/C21H31N5S.HI/c1-16(2)19-17(14-26(5)24-19)13-25(4)20(22-3)23-15-21(11-12-21)27-18-9-7-6-8-10-18;/h6-10,14,16H,11-13,15H2,1-5H3,(H,22,23);1H. The molecule has 1 aliphatic carbocycles. The Labute approximate surface area is 190 Å². The maximum absolute atomic E-state index is 4.62. The van der Waals surface area contributed by atoms with E-state index in [2.05, 4.69) is 77.7 Å². The van der Waals surface area contributed by atoms with Crippen LogP contribution in [0.2, 0.25) is 0 Å². The molecular weight excluding hydrogens is 481 g/mol. The Kier molecular flexibility index (Phi) is 8.24. The zero-order valence-corrected chi connectivity index (χ0v) is 20.6. The molecule has 7 heteroatoms. The van der Waals surface area contributed by atoms with Gasteiger partial charge in [0.25, 0.3) is 0 Å². The molecule has 0 unspecified atom stereocenters. The molecule has 0 aliphatic heterocycles. The summed E-state index contributed by atoms with van der Waals surface area (Å²) in [6, 6.07) is 10.7. The Hall–Kier alpha value is -1.22. The van der Waals surface area contributed by atoms with Gasteiger partial charge in [0.1, 0.15) is 0 Å². The van der Waals surface area contributed by atoms with Crippen LogP contribution in [0.15, 0.2) is 46.4 Å². The summed E-state index contributed by atoms with van der Waals surface area (Å²) in [4.78, 5) is 8.03. The molecule has 1 heterocycles. The molecule has 1 N–H and O–H groups in total. The lowest BCUT2D eigenvalue weighted by Gasteiger charge is -2.24. The number of aromatic nitrogens is 2. The number of guanidine groups is 1. The SMILES string of the molecule is CN=C(NCC1(Sc2ccccc2)CC1)N(C)Cc1cn(C)nc1C(C)C.I. The minimum absolute atomic E-state index is 0. The van der Waals surface area contributed by atoms with Gasteiger partial charge >= 0.3 is 0 Å². The molecule has 0 radical (unpaired) electrons. The van der Waals surface area contributed by atoms with Gasteiger partial charge in [-0.25, -0.2) is 0 Å². The van der Waals surface area contributed by atoms with Gasteiger partial charge in [0.15, 0.2) is 5.96 Å². The second kappa shape index (κ2) is 10.0. The summed E-state index contributed by atoms with van der Waals surface area (Å²) >= 11 is 1.99. The Morgan fingerprint density at radius 3 is 2.57 bits per heavy atom. The van der Waals surface area contributed by atoms with Crippen LogP contribution in [-0.4, -0.2) is 46.0 Å². The smallest absolute Gasteiger partial charge is 0.193 e. The molecule has 0 spiro atoms. The zero-order chi connectivity index (χ0) is 19.4. The van der Waals surface area contributed by atoms with Crippen LogP contribution in [0.3, 0.4) is 0 Å². The first-order valence-corrected chi connectivity index (χ1v) is 10.4. The van der Waals surface area contributed by atoms with Crippen LogP contribution in [-0.2, 0) is 13.6 Å². The second-order valence-electron chi connectivity index (χ2n) is 7.72. The highest BCUT2D eigenvalue weighted by Crippen LogP contribution is 2.51. The van der Waals surface area contributed by atoms with Crippen LogP contribution in [0.5, 0.6) is 0 Å². The molecule has 0 atom stereocenters. The van der Waals surface area contributed by atoms with Gasteiger partial charge in [0.2, 0.25) is 0 Å². The van der Waals surface area contributed by atoms with Gasteiger partial charge in [-0.2, -0.15) is 5.10 Å². The molecular formula is C21H32IN5S. The average Bonchev–Trinajstić information content (AvgIpc) is 3.29. The first kappa shape index (κ1) is 23.1. The van der Waals surface area contributed by atoms with Gasteiger partial charge in [0, 0.05) is 55.6 Å². The lowest BCUT2D eigenvalue weighted by Crippen LogP contribution is -2.42. The van der Waals surface area contributed by atoms with E-state index in [9.17, 15) is 0 Å². The fraction of sp³-hybridized carbons (Fsp3) is 0.524. The van der Waals surface area contributed by atoms with Crippen LogP contribution >= 0.6 is 35.7 Å². The Morgan fingerprint density at radius 2 is 2.00 bits per heavy atom. The number of nitrogens with zero attached hydrogens (tertiary/aromatic N) is 4. The summed E-state index contributed by atoms with van der Waals surface area (Å²) < 4.78 is 2.21. The van der Waals surface area contributed by atoms with Crippen LogP contribution in [0.1, 0.15) is 43.9 Å². The van der Waals surface area contributed by atoms with Crippen molar-refractivity contribution >= 4 is 41.7 Å². The third-order valence-electron chi connectivity index (χ3n) is 4.92. The number of halogens is 1. The molecule has 1 aromatic heterocycles. The summed E-state index contributed by atoms with van der Waals surface area (Å²) in [6.45, 7) is 6.13. The van der Waals surface area contributed by atoms with E-state index < -0.39 is 0 Å². The number of aliphatic imine (C=N–C) groups is 1.